The van der Waals surface area contributed by atoms with Crippen LogP contribution in [-0.4, -0.2) is 20.0 Å². The highest BCUT2D eigenvalue weighted by molar-refractivity contribution is 7.98. The highest BCUT2D eigenvalue weighted by Crippen LogP contribution is 2.35. The molecule has 0 unspecified atom stereocenters. The Morgan fingerprint density at radius 2 is 2.06 bits per heavy atom. The molecule has 1 aliphatic rings. The molecule has 0 fully saturated rings. The Balaban J connectivity index is 2.10. The van der Waals surface area contributed by atoms with Crippen molar-refractivity contribution < 1.29 is 0 Å². The van der Waals surface area contributed by atoms with Crippen LogP contribution in [-0.2, 0) is 11.5 Å². The molecule has 3 heterocycles. The molecule has 0 N–H and O–H groups in total. The van der Waals surface area contributed by atoms with E-state index in [2.05, 4.69) is 15.3 Å². The summed E-state index contributed by atoms with van der Waals surface area (Å²) in [5, 5.41) is 13.1. The third-order valence-electron chi connectivity index (χ3n) is 2.32. The molecule has 16 heavy (non-hydrogen) atoms. The highest BCUT2D eigenvalue weighted by Gasteiger charge is 2.22. The molecule has 7 heteroatoms. The number of thioether (sulfide) groups is 1. The first-order valence-electron chi connectivity index (χ1n) is 4.59. The Hall–Kier alpha value is -0.780. The van der Waals surface area contributed by atoms with Gasteiger partial charge in [-0.1, -0.05) is 23.2 Å². The summed E-state index contributed by atoms with van der Waals surface area (Å²) in [6, 6.07) is 3.41. The molecule has 1 aliphatic heterocycles. The lowest BCUT2D eigenvalue weighted by Gasteiger charge is -2.01. The van der Waals surface area contributed by atoms with Gasteiger partial charge in [-0.05, 0) is 12.1 Å². The van der Waals surface area contributed by atoms with Crippen molar-refractivity contribution in [3.8, 4) is 5.82 Å². The van der Waals surface area contributed by atoms with Crippen LogP contribution in [0, 0.1) is 0 Å². The number of hydrogen-bond acceptors (Lipinski definition) is 4. The predicted octanol–water partition coefficient (Wildman–Crippen LogP) is 2.72. The summed E-state index contributed by atoms with van der Waals surface area (Å²) in [5.74, 6) is 2.41. The quantitative estimate of drug-likeness (QED) is 0.801. The first kappa shape index (κ1) is 10.4. The minimum Gasteiger partial charge on any atom is -0.201 e. The Labute approximate surface area is 106 Å². The summed E-state index contributed by atoms with van der Waals surface area (Å²) in [5.41, 5.74) is 2.13. The minimum atomic E-state index is 0.357. The Morgan fingerprint density at radius 3 is 2.75 bits per heavy atom. The molecule has 0 aliphatic carbocycles. The van der Waals surface area contributed by atoms with E-state index in [0.29, 0.717) is 16.1 Å². The van der Waals surface area contributed by atoms with Gasteiger partial charge in [-0.15, -0.1) is 10.2 Å². The van der Waals surface area contributed by atoms with Gasteiger partial charge in [0.15, 0.2) is 11.0 Å². The molecule has 2 aromatic heterocycles. The first-order chi connectivity index (χ1) is 7.75. The van der Waals surface area contributed by atoms with E-state index in [1.807, 2.05) is 11.8 Å². The third kappa shape index (κ3) is 1.59. The molecular weight excluding hydrogens is 267 g/mol. The lowest BCUT2D eigenvalue weighted by atomic mass is 10.3. The fourth-order valence-corrected chi connectivity index (χ4v) is 3.07. The number of fused-ring (bicyclic) bond motifs is 1. The molecule has 0 amide bonds. The monoisotopic (exact) mass is 272 g/mol. The van der Waals surface area contributed by atoms with Gasteiger partial charge < -0.3 is 0 Å². The third-order valence-corrected chi connectivity index (χ3v) is 3.88. The number of hydrogen-bond donors (Lipinski definition) is 0. The topological polar surface area (TPSA) is 43.6 Å². The Bertz CT molecular complexity index is 537. The second-order valence-electron chi connectivity index (χ2n) is 3.33. The normalized spacial score (nSPS) is 14.1. The minimum absolute atomic E-state index is 0.357. The van der Waals surface area contributed by atoms with Gasteiger partial charge in [-0.3, -0.25) is 0 Å². The average Bonchev–Trinajstić information content (AvgIpc) is 2.84. The summed E-state index contributed by atoms with van der Waals surface area (Å²) in [4.78, 5) is 0. The van der Waals surface area contributed by atoms with Crippen LogP contribution in [0.3, 0.4) is 0 Å². The molecule has 0 saturated heterocycles. The summed E-state index contributed by atoms with van der Waals surface area (Å²) < 4.78 is 1.61. The zero-order valence-electron chi connectivity index (χ0n) is 8.02. The van der Waals surface area contributed by atoms with E-state index in [9.17, 15) is 0 Å². The maximum atomic E-state index is 6.23. The molecule has 4 nitrogen and oxygen atoms in total. The van der Waals surface area contributed by atoms with Crippen LogP contribution in [0.25, 0.3) is 5.82 Å². The lowest BCUT2D eigenvalue weighted by molar-refractivity contribution is 0.802. The Morgan fingerprint density at radius 1 is 1.19 bits per heavy atom. The van der Waals surface area contributed by atoms with Gasteiger partial charge in [0.2, 0.25) is 0 Å². The SMILES string of the molecule is Clc1ccc(-n2nc3c(c2Cl)CSC3)nn1. The van der Waals surface area contributed by atoms with Crippen LogP contribution < -0.4 is 0 Å². The van der Waals surface area contributed by atoms with E-state index in [1.165, 1.54) is 0 Å². The molecular formula is C9H6Cl2N4S. The van der Waals surface area contributed by atoms with Gasteiger partial charge >= 0.3 is 0 Å². The van der Waals surface area contributed by atoms with E-state index in [4.69, 9.17) is 23.2 Å². The molecule has 3 rings (SSSR count). The standard InChI is InChI=1S/C9H6Cl2N4S/c10-7-1-2-8(13-12-7)15-9(11)5-3-16-4-6(5)14-15/h1-2H,3-4H2. The lowest BCUT2D eigenvalue weighted by Crippen LogP contribution is -2.01. The summed E-state index contributed by atoms with van der Waals surface area (Å²) in [7, 11) is 0. The smallest absolute Gasteiger partial charge is 0.177 e. The fourth-order valence-electron chi connectivity index (χ4n) is 1.55. The van der Waals surface area contributed by atoms with Crippen molar-refractivity contribution in [3.63, 3.8) is 0 Å². The molecule has 0 atom stereocenters. The van der Waals surface area contributed by atoms with Gasteiger partial charge in [0, 0.05) is 17.1 Å². The van der Waals surface area contributed by atoms with E-state index >= 15 is 0 Å². The van der Waals surface area contributed by atoms with Crippen molar-refractivity contribution in [2.24, 2.45) is 0 Å². The second-order valence-corrected chi connectivity index (χ2v) is 5.07. The zero-order valence-corrected chi connectivity index (χ0v) is 10.4. The maximum absolute atomic E-state index is 6.23. The molecule has 2 aromatic rings. The van der Waals surface area contributed by atoms with Crippen molar-refractivity contribution in [1.82, 2.24) is 20.0 Å². The molecule has 0 saturated carbocycles. The summed E-state index contributed by atoms with van der Waals surface area (Å²) >= 11 is 13.7. The number of rotatable bonds is 1. The zero-order chi connectivity index (χ0) is 11.1. The fraction of sp³-hybridized carbons (Fsp3) is 0.222. The van der Waals surface area contributed by atoms with Gasteiger partial charge in [-0.2, -0.15) is 16.9 Å². The average molecular weight is 273 g/mol. The maximum Gasteiger partial charge on any atom is 0.177 e. The van der Waals surface area contributed by atoms with Crippen LogP contribution in [0.1, 0.15) is 11.3 Å². The van der Waals surface area contributed by atoms with Crippen LogP contribution in [0.4, 0.5) is 0 Å². The van der Waals surface area contributed by atoms with Gasteiger partial charge in [0.25, 0.3) is 0 Å². The highest BCUT2D eigenvalue weighted by atomic mass is 35.5. The van der Waals surface area contributed by atoms with E-state index in [1.54, 1.807) is 16.8 Å². The second kappa shape index (κ2) is 3.91. The summed E-state index contributed by atoms with van der Waals surface area (Å²) in [6.45, 7) is 0. The van der Waals surface area contributed by atoms with Crippen molar-refractivity contribution in [1.29, 1.82) is 0 Å². The van der Waals surface area contributed by atoms with Crippen LogP contribution in [0.15, 0.2) is 12.1 Å². The number of nitrogens with zero attached hydrogens (tertiary/aromatic N) is 4. The largest absolute Gasteiger partial charge is 0.201 e. The van der Waals surface area contributed by atoms with Gasteiger partial charge in [0.1, 0.15) is 5.15 Å². The Kier molecular flexibility index (Phi) is 2.53. The number of halogens is 2. The molecule has 0 bridgehead atoms. The number of aromatic nitrogens is 4. The molecule has 0 spiro atoms. The van der Waals surface area contributed by atoms with Crippen molar-refractivity contribution in [2.45, 2.75) is 11.5 Å². The van der Waals surface area contributed by atoms with Crippen molar-refractivity contribution in [3.05, 3.63) is 33.7 Å². The van der Waals surface area contributed by atoms with Gasteiger partial charge in [-0.25, -0.2) is 4.68 Å². The van der Waals surface area contributed by atoms with Crippen molar-refractivity contribution in [2.75, 3.05) is 0 Å². The van der Waals surface area contributed by atoms with Crippen LogP contribution in [0.5, 0.6) is 0 Å². The first-order valence-corrected chi connectivity index (χ1v) is 6.50. The van der Waals surface area contributed by atoms with Gasteiger partial charge in [0.05, 0.1) is 5.69 Å². The van der Waals surface area contributed by atoms with E-state index in [-0.39, 0.29) is 0 Å². The predicted molar refractivity (Wildman–Crippen MR) is 64.2 cm³/mol. The summed E-state index contributed by atoms with van der Waals surface area (Å²) in [6.07, 6.45) is 0. The van der Waals surface area contributed by atoms with E-state index < -0.39 is 0 Å². The molecule has 0 aromatic carbocycles. The van der Waals surface area contributed by atoms with E-state index in [0.717, 1.165) is 22.8 Å². The van der Waals surface area contributed by atoms with Crippen molar-refractivity contribution >= 4 is 35.0 Å². The van der Waals surface area contributed by atoms with Crippen LogP contribution in [0.2, 0.25) is 10.3 Å². The van der Waals surface area contributed by atoms with Crippen LogP contribution >= 0.6 is 35.0 Å². The molecule has 82 valence electrons. The molecule has 0 radical (unpaired) electrons.